The Morgan fingerprint density at radius 1 is 1.52 bits per heavy atom. The van der Waals surface area contributed by atoms with Gasteiger partial charge >= 0.3 is 5.97 Å². The molecule has 1 aromatic heterocycles. The van der Waals surface area contributed by atoms with Gasteiger partial charge in [-0.2, -0.15) is 0 Å². The third kappa shape index (κ3) is 4.03. The number of hydrogen-bond donors (Lipinski definition) is 2. The summed E-state index contributed by atoms with van der Waals surface area (Å²) in [5, 5.41) is 10.4. The maximum Gasteiger partial charge on any atom is 0.337 e. The maximum atomic E-state index is 12.1. The van der Waals surface area contributed by atoms with E-state index in [2.05, 4.69) is 14.7 Å². The number of rotatable bonds is 5. The van der Waals surface area contributed by atoms with Crippen LogP contribution in [-0.4, -0.2) is 34.0 Å². The number of benzene rings is 1. The number of H-pyrrole nitrogens is 1. The Bertz CT molecular complexity index is 930. The molecule has 2 rings (SSSR count). The van der Waals surface area contributed by atoms with Crippen LogP contribution in [-0.2, 0) is 4.74 Å². The number of nitrogens with one attached hydrogen (secondary N) is 1. The predicted molar refractivity (Wildman–Crippen MR) is 97.6 cm³/mol. The Hall–Kier alpha value is -2.74. The number of carbonyl (C=O) groups excluding carboxylic acids is 1. The molecule has 0 spiro atoms. The molecule has 2 N–H and O–H groups in total. The summed E-state index contributed by atoms with van der Waals surface area (Å²) in [5.41, 5.74) is 0.248. The molecule has 1 atom stereocenters. The number of ether oxygens (including phenoxy) is 1. The van der Waals surface area contributed by atoms with Crippen molar-refractivity contribution < 1.29 is 14.6 Å². The molecule has 0 saturated heterocycles. The van der Waals surface area contributed by atoms with E-state index in [1.165, 1.54) is 24.0 Å². The number of carbonyl (C=O) groups is 1. The Morgan fingerprint density at radius 3 is 2.88 bits per heavy atom. The summed E-state index contributed by atoms with van der Waals surface area (Å²) in [7, 11) is 1.29. The van der Waals surface area contributed by atoms with Crippen molar-refractivity contribution in [3.8, 4) is 5.88 Å². The summed E-state index contributed by atoms with van der Waals surface area (Å²) in [6, 6.07) is 6.35. The van der Waals surface area contributed by atoms with E-state index in [9.17, 15) is 14.7 Å². The highest BCUT2D eigenvalue weighted by Crippen LogP contribution is 2.21. The Labute approximate surface area is 149 Å². The number of hydrogen-bond acceptors (Lipinski definition) is 6. The summed E-state index contributed by atoms with van der Waals surface area (Å²) in [6.45, 7) is 3.83. The fraction of sp³-hybridized carbons (Fsp3) is 0.294. The van der Waals surface area contributed by atoms with Gasteiger partial charge in [0.1, 0.15) is 5.56 Å². The lowest BCUT2D eigenvalue weighted by molar-refractivity contribution is 0.0601. The third-order valence-electron chi connectivity index (χ3n) is 3.79. The summed E-state index contributed by atoms with van der Waals surface area (Å²) in [4.78, 5) is 30.4. The first-order valence-corrected chi connectivity index (χ1v) is 8.10. The normalized spacial score (nSPS) is 12.3. The number of aromatic nitrogens is 2. The van der Waals surface area contributed by atoms with Crippen LogP contribution in [0.25, 0.3) is 0 Å². The lowest BCUT2D eigenvalue weighted by atomic mass is 10.2. The molecule has 1 heterocycles. The van der Waals surface area contributed by atoms with Crippen molar-refractivity contribution in [2.75, 3.05) is 7.11 Å². The number of aliphatic imine (C=N–C) groups is 1. The van der Waals surface area contributed by atoms with Gasteiger partial charge in [0.25, 0.3) is 5.56 Å². The summed E-state index contributed by atoms with van der Waals surface area (Å²) in [5.74, 6) is -0.723. The van der Waals surface area contributed by atoms with Crippen LogP contribution in [0.4, 0.5) is 5.69 Å². The summed E-state index contributed by atoms with van der Waals surface area (Å²) < 4.78 is 6.29. The van der Waals surface area contributed by atoms with E-state index in [-0.39, 0.29) is 22.3 Å². The first-order chi connectivity index (χ1) is 11.9. The monoisotopic (exact) mass is 361 g/mol. The Balaban J connectivity index is 2.47. The highest BCUT2D eigenvalue weighted by atomic mass is 32.1. The van der Waals surface area contributed by atoms with Crippen molar-refractivity contribution in [2.24, 2.45) is 4.99 Å². The number of nitrogens with zero attached hydrogens (tertiary/aromatic N) is 2. The fourth-order valence-corrected chi connectivity index (χ4v) is 2.59. The number of esters is 1. The van der Waals surface area contributed by atoms with Gasteiger partial charge in [-0.1, -0.05) is 13.0 Å². The number of methoxy groups -OCH3 is 1. The minimum Gasteiger partial charge on any atom is -0.494 e. The SMILES string of the molecule is CC[C@H](C)n1c(O)c(C=Nc2cccc(C(=O)OC)c2)c(=O)[nH]c1=S. The summed E-state index contributed by atoms with van der Waals surface area (Å²) >= 11 is 5.12. The Morgan fingerprint density at radius 2 is 2.24 bits per heavy atom. The van der Waals surface area contributed by atoms with E-state index < -0.39 is 11.5 Å². The van der Waals surface area contributed by atoms with E-state index >= 15 is 0 Å². The smallest absolute Gasteiger partial charge is 0.337 e. The molecule has 0 aliphatic carbocycles. The van der Waals surface area contributed by atoms with Crippen LogP contribution in [0.5, 0.6) is 5.88 Å². The molecule has 0 aliphatic heterocycles. The van der Waals surface area contributed by atoms with Crippen LogP contribution in [0.15, 0.2) is 34.1 Å². The van der Waals surface area contributed by atoms with Crippen LogP contribution in [0.2, 0.25) is 0 Å². The van der Waals surface area contributed by atoms with E-state index in [4.69, 9.17) is 12.2 Å². The average Bonchev–Trinajstić information content (AvgIpc) is 2.60. The highest BCUT2D eigenvalue weighted by molar-refractivity contribution is 7.71. The lowest BCUT2D eigenvalue weighted by Gasteiger charge is -2.16. The van der Waals surface area contributed by atoms with Gasteiger partial charge in [-0.25, -0.2) is 4.79 Å². The van der Waals surface area contributed by atoms with Gasteiger partial charge in [0.15, 0.2) is 4.77 Å². The first kappa shape index (κ1) is 18.6. The fourth-order valence-electron chi connectivity index (χ4n) is 2.23. The standard InChI is InChI=1S/C17H19N3O4S/c1-4-10(2)20-15(22)13(14(21)19-17(20)25)9-18-12-7-5-6-11(8-12)16(23)24-3/h5-10,22H,4H2,1-3H3,(H,19,21,25)/t10-/m0/s1. The highest BCUT2D eigenvalue weighted by Gasteiger charge is 2.14. The molecule has 25 heavy (non-hydrogen) atoms. The van der Waals surface area contributed by atoms with Gasteiger partial charge < -0.3 is 9.84 Å². The molecular formula is C17H19N3O4S. The lowest BCUT2D eigenvalue weighted by Crippen LogP contribution is -2.20. The second-order valence-electron chi connectivity index (χ2n) is 5.42. The van der Waals surface area contributed by atoms with Crippen molar-refractivity contribution in [3.05, 3.63) is 50.5 Å². The van der Waals surface area contributed by atoms with Crippen LogP contribution < -0.4 is 5.56 Å². The van der Waals surface area contributed by atoms with Gasteiger partial charge in [0, 0.05) is 12.3 Å². The zero-order valence-electron chi connectivity index (χ0n) is 14.1. The van der Waals surface area contributed by atoms with E-state index in [1.54, 1.807) is 18.2 Å². The number of aromatic hydroxyl groups is 1. The topological polar surface area (TPSA) is 96.7 Å². The van der Waals surface area contributed by atoms with Crippen molar-refractivity contribution in [1.29, 1.82) is 0 Å². The largest absolute Gasteiger partial charge is 0.494 e. The minimum absolute atomic E-state index is 0.00243. The van der Waals surface area contributed by atoms with Gasteiger partial charge in [0.05, 0.1) is 18.4 Å². The predicted octanol–water partition coefficient (Wildman–Crippen LogP) is 3.12. The van der Waals surface area contributed by atoms with Crippen molar-refractivity contribution in [3.63, 3.8) is 0 Å². The zero-order valence-corrected chi connectivity index (χ0v) is 15.0. The van der Waals surface area contributed by atoms with Crippen LogP contribution >= 0.6 is 12.2 Å². The van der Waals surface area contributed by atoms with Crippen LogP contribution in [0.3, 0.4) is 0 Å². The van der Waals surface area contributed by atoms with E-state index in [1.807, 2.05) is 13.8 Å². The Kier molecular flexibility index (Phi) is 5.87. The molecule has 0 radical (unpaired) electrons. The van der Waals surface area contributed by atoms with E-state index in [0.717, 1.165) is 6.42 Å². The molecule has 7 nitrogen and oxygen atoms in total. The molecule has 1 aromatic carbocycles. The van der Waals surface area contributed by atoms with E-state index in [0.29, 0.717) is 11.3 Å². The van der Waals surface area contributed by atoms with Crippen LogP contribution in [0, 0.1) is 4.77 Å². The van der Waals surface area contributed by atoms with Crippen molar-refractivity contribution in [1.82, 2.24) is 9.55 Å². The maximum absolute atomic E-state index is 12.1. The van der Waals surface area contributed by atoms with Crippen molar-refractivity contribution in [2.45, 2.75) is 26.3 Å². The second kappa shape index (κ2) is 7.89. The quantitative estimate of drug-likeness (QED) is 0.484. The minimum atomic E-state index is -0.532. The van der Waals surface area contributed by atoms with Gasteiger partial charge in [0.2, 0.25) is 5.88 Å². The molecule has 0 amide bonds. The zero-order chi connectivity index (χ0) is 18.6. The third-order valence-corrected chi connectivity index (χ3v) is 4.09. The molecule has 0 unspecified atom stereocenters. The van der Waals surface area contributed by atoms with Gasteiger partial charge in [-0.3, -0.25) is 19.3 Å². The summed E-state index contributed by atoms with van der Waals surface area (Å²) in [6.07, 6.45) is 1.98. The molecular weight excluding hydrogens is 342 g/mol. The molecule has 132 valence electrons. The molecule has 0 saturated carbocycles. The first-order valence-electron chi connectivity index (χ1n) is 7.69. The molecule has 8 heteroatoms. The van der Waals surface area contributed by atoms with Crippen molar-refractivity contribution >= 4 is 30.1 Å². The molecule has 2 aromatic rings. The average molecular weight is 361 g/mol. The molecule has 0 bridgehead atoms. The molecule has 0 fully saturated rings. The molecule has 0 aliphatic rings. The van der Waals surface area contributed by atoms with Crippen LogP contribution in [0.1, 0.15) is 42.2 Å². The van der Waals surface area contributed by atoms with Gasteiger partial charge in [-0.15, -0.1) is 0 Å². The number of aromatic amines is 1. The second-order valence-corrected chi connectivity index (χ2v) is 5.81. The van der Waals surface area contributed by atoms with Gasteiger partial charge in [-0.05, 0) is 43.8 Å².